The molecule has 3 heterocycles. The van der Waals surface area contributed by atoms with Crippen LogP contribution in [-0.2, 0) is 0 Å². The summed E-state index contributed by atoms with van der Waals surface area (Å²) in [4.78, 5) is 23.0. The van der Waals surface area contributed by atoms with Crippen LogP contribution in [0.15, 0.2) is 71.0 Å². The summed E-state index contributed by atoms with van der Waals surface area (Å²) in [5, 5.41) is 6.48. The number of H-pyrrole nitrogens is 1. The first-order valence-corrected chi connectivity index (χ1v) is 12.7. The van der Waals surface area contributed by atoms with Crippen LogP contribution in [0.25, 0.3) is 27.8 Å². The summed E-state index contributed by atoms with van der Waals surface area (Å²) in [6.45, 7) is 0. The highest BCUT2D eigenvalue weighted by Gasteiger charge is 2.22. The van der Waals surface area contributed by atoms with E-state index in [2.05, 4.69) is 51.9 Å². The maximum absolute atomic E-state index is 12.6. The first kappa shape index (κ1) is 21.0. The lowest BCUT2D eigenvalue weighted by atomic mass is 9.94. The zero-order chi connectivity index (χ0) is 23.1. The molecule has 7 heteroatoms. The molecular formula is C27H27N5OS. The summed E-state index contributed by atoms with van der Waals surface area (Å²) in [6.07, 6.45) is 8.22. The van der Waals surface area contributed by atoms with E-state index in [0.29, 0.717) is 11.6 Å². The predicted molar refractivity (Wildman–Crippen MR) is 142 cm³/mol. The summed E-state index contributed by atoms with van der Waals surface area (Å²) in [5.74, 6) is 0. The number of rotatable bonds is 5. The fourth-order valence-corrected chi connectivity index (χ4v) is 5.82. The van der Waals surface area contributed by atoms with E-state index in [4.69, 9.17) is 4.98 Å². The Bertz CT molecular complexity index is 1510. The third-order valence-corrected chi connectivity index (χ3v) is 7.68. The normalized spacial score (nSPS) is 14.6. The Morgan fingerprint density at radius 1 is 1.06 bits per heavy atom. The van der Waals surface area contributed by atoms with Crippen molar-refractivity contribution in [1.82, 2.24) is 14.4 Å². The molecule has 0 radical (unpaired) electrons. The van der Waals surface area contributed by atoms with Gasteiger partial charge in [-0.05, 0) is 37.1 Å². The van der Waals surface area contributed by atoms with Crippen molar-refractivity contribution < 1.29 is 0 Å². The Kier molecular flexibility index (Phi) is 5.34. The van der Waals surface area contributed by atoms with E-state index < -0.39 is 0 Å². The maximum atomic E-state index is 12.6. The summed E-state index contributed by atoms with van der Waals surface area (Å²) in [7, 11) is 2.19. The number of benzene rings is 2. The molecule has 1 aliphatic rings. The van der Waals surface area contributed by atoms with E-state index in [0.717, 1.165) is 38.8 Å². The molecule has 2 N–H and O–H groups in total. The van der Waals surface area contributed by atoms with Crippen molar-refractivity contribution in [3.05, 3.63) is 76.5 Å². The summed E-state index contributed by atoms with van der Waals surface area (Å²) >= 11 is 1.59. The minimum absolute atomic E-state index is 0.0857. The summed E-state index contributed by atoms with van der Waals surface area (Å²) in [5.41, 5.74) is 6.51. The van der Waals surface area contributed by atoms with Gasteiger partial charge in [-0.1, -0.05) is 49.6 Å². The highest BCUT2D eigenvalue weighted by atomic mass is 32.1. The molecule has 6 rings (SSSR count). The number of nitrogens with one attached hydrogen (secondary N) is 2. The average molecular weight is 470 g/mol. The molecule has 1 fully saturated rings. The monoisotopic (exact) mass is 469 g/mol. The van der Waals surface area contributed by atoms with Gasteiger partial charge < -0.3 is 19.6 Å². The van der Waals surface area contributed by atoms with Gasteiger partial charge in [0, 0.05) is 30.2 Å². The van der Waals surface area contributed by atoms with Crippen molar-refractivity contribution in [3.63, 3.8) is 0 Å². The number of hydrogen-bond donors (Lipinski definition) is 2. The van der Waals surface area contributed by atoms with Gasteiger partial charge in [0.05, 0.1) is 28.1 Å². The molecular weight excluding hydrogens is 442 g/mol. The molecule has 0 spiro atoms. The van der Waals surface area contributed by atoms with Crippen molar-refractivity contribution in [2.75, 3.05) is 17.3 Å². The van der Waals surface area contributed by atoms with Crippen molar-refractivity contribution in [2.45, 2.75) is 38.1 Å². The van der Waals surface area contributed by atoms with E-state index in [1.54, 1.807) is 11.3 Å². The molecule has 172 valence electrons. The predicted octanol–water partition coefficient (Wildman–Crippen LogP) is 6.42. The molecule has 5 aromatic rings. The molecule has 3 aromatic heterocycles. The van der Waals surface area contributed by atoms with E-state index in [-0.39, 0.29) is 5.56 Å². The molecule has 6 nitrogen and oxygen atoms in total. The SMILES string of the molecule is CN(c1cc2c(cc1Nc1nc(-c3ccccc3)cs1)[nH]c(=O)c1cccn12)C1CCCCC1. The smallest absolute Gasteiger partial charge is 0.272 e. The quantitative estimate of drug-likeness (QED) is 0.312. The van der Waals surface area contributed by atoms with Gasteiger partial charge in [0.2, 0.25) is 0 Å². The van der Waals surface area contributed by atoms with Crippen molar-refractivity contribution >= 4 is 44.4 Å². The standard InChI is InChI=1S/C27H27N5OS/c1-31(19-11-6-3-7-12-19)24-16-25-21(28-26(33)23-13-8-14-32(23)25)15-20(24)29-27-30-22(17-34-27)18-9-4-2-5-10-18/h2,4-5,8-10,13-17,19H,3,6-7,11-12H2,1H3,(H,28,33)(H,29,30). The zero-order valence-electron chi connectivity index (χ0n) is 19.1. The lowest BCUT2D eigenvalue weighted by molar-refractivity contribution is 0.428. The van der Waals surface area contributed by atoms with Gasteiger partial charge in [0.25, 0.3) is 5.56 Å². The van der Waals surface area contributed by atoms with Crippen LogP contribution in [-0.4, -0.2) is 27.5 Å². The topological polar surface area (TPSA) is 65.4 Å². The Balaban J connectivity index is 1.45. The molecule has 0 atom stereocenters. The van der Waals surface area contributed by atoms with Crippen LogP contribution in [0.1, 0.15) is 32.1 Å². The number of hydrogen-bond acceptors (Lipinski definition) is 5. The van der Waals surface area contributed by atoms with Crippen LogP contribution in [0.4, 0.5) is 16.5 Å². The Morgan fingerprint density at radius 2 is 1.88 bits per heavy atom. The minimum Gasteiger partial charge on any atom is -0.370 e. The van der Waals surface area contributed by atoms with Gasteiger partial charge in [-0.15, -0.1) is 11.3 Å². The lowest BCUT2D eigenvalue weighted by Crippen LogP contribution is -2.33. The average Bonchev–Trinajstić information content (AvgIpc) is 3.55. The Hall–Kier alpha value is -3.58. The molecule has 2 aromatic carbocycles. The number of thiazole rings is 1. The van der Waals surface area contributed by atoms with Crippen molar-refractivity contribution in [3.8, 4) is 11.3 Å². The van der Waals surface area contributed by atoms with Gasteiger partial charge in [0.1, 0.15) is 5.52 Å². The van der Waals surface area contributed by atoms with E-state index in [1.807, 2.05) is 40.9 Å². The largest absolute Gasteiger partial charge is 0.370 e. The van der Waals surface area contributed by atoms with Crippen LogP contribution in [0.3, 0.4) is 0 Å². The van der Waals surface area contributed by atoms with Crippen LogP contribution >= 0.6 is 11.3 Å². The zero-order valence-corrected chi connectivity index (χ0v) is 19.9. The highest BCUT2D eigenvalue weighted by Crippen LogP contribution is 2.37. The first-order chi connectivity index (χ1) is 16.7. The highest BCUT2D eigenvalue weighted by molar-refractivity contribution is 7.14. The van der Waals surface area contributed by atoms with E-state index in [1.165, 1.54) is 32.1 Å². The van der Waals surface area contributed by atoms with Gasteiger partial charge >= 0.3 is 0 Å². The molecule has 0 aliphatic heterocycles. The minimum atomic E-state index is -0.0857. The van der Waals surface area contributed by atoms with Crippen LogP contribution in [0.5, 0.6) is 0 Å². The molecule has 34 heavy (non-hydrogen) atoms. The third kappa shape index (κ3) is 3.76. The van der Waals surface area contributed by atoms with Gasteiger partial charge in [-0.3, -0.25) is 4.79 Å². The van der Waals surface area contributed by atoms with Gasteiger partial charge in [-0.25, -0.2) is 4.98 Å². The first-order valence-electron chi connectivity index (χ1n) is 11.9. The van der Waals surface area contributed by atoms with Gasteiger partial charge in [0.15, 0.2) is 5.13 Å². The summed E-state index contributed by atoms with van der Waals surface area (Å²) < 4.78 is 1.98. The second kappa shape index (κ2) is 8.65. The third-order valence-electron chi connectivity index (χ3n) is 6.92. The maximum Gasteiger partial charge on any atom is 0.272 e. The van der Waals surface area contributed by atoms with Gasteiger partial charge in [-0.2, -0.15) is 0 Å². The lowest BCUT2D eigenvalue weighted by Gasteiger charge is -2.34. The molecule has 1 saturated carbocycles. The second-order valence-corrected chi connectivity index (χ2v) is 9.89. The molecule has 1 aliphatic carbocycles. The van der Waals surface area contributed by atoms with E-state index in [9.17, 15) is 4.79 Å². The van der Waals surface area contributed by atoms with Crippen molar-refractivity contribution in [2.24, 2.45) is 0 Å². The molecule has 0 unspecified atom stereocenters. The number of nitrogens with zero attached hydrogens (tertiary/aromatic N) is 3. The van der Waals surface area contributed by atoms with Crippen LogP contribution in [0, 0.1) is 0 Å². The number of aromatic amines is 1. The fraction of sp³-hybridized carbons (Fsp3) is 0.259. The Labute approximate surface area is 201 Å². The van der Waals surface area contributed by atoms with Crippen molar-refractivity contribution in [1.29, 1.82) is 0 Å². The fourth-order valence-electron chi connectivity index (χ4n) is 5.08. The molecule has 0 saturated heterocycles. The van der Waals surface area contributed by atoms with Crippen LogP contribution < -0.4 is 15.8 Å². The number of aromatic nitrogens is 3. The second-order valence-electron chi connectivity index (χ2n) is 9.04. The van der Waals surface area contributed by atoms with E-state index >= 15 is 0 Å². The number of fused-ring (bicyclic) bond motifs is 3. The van der Waals surface area contributed by atoms with Crippen LogP contribution in [0.2, 0.25) is 0 Å². The number of anilines is 3. The molecule has 0 bridgehead atoms. The summed E-state index contributed by atoms with van der Waals surface area (Å²) in [6, 6.07) is 18.7. The molecule has 0 amide bonds. The Morgan fingerprint density at radius 3 is 2.71 bits per heavy atom.